The van der Waals surface area contributed by atoms with Gasteiger partial charge < -0.3 is 11.5 Å². The summed E-state index contributed by atoms with van der Waals surface area (Å²) in [5.74, 6) is 0.309. The average Bonchev–Trinajstić information content (AvgIpc) is 2.61. The lowest BCUT2D eigenvalue weighted by molar-refractivity contribution is 0.891. The average molecular weight is 201 g/mol. The van der Waals surface area contributed by atoms with E-state index in [2.05, 4.69) is 5.10 Å². The summed E-state index contributed by atoms with van der Waals surface area (Å²) in [4.78, 5) is 0. The van der Waals surface area contributed by atoms with Crippen molar-refractivity contribution in [1.29, 1.82) is 5.41 Å². The van der Waals surface area contributed by atoms with Gasteiger partial charge in [-0.15, -0.1) is 0 Å². The van der Waals surface area contributed by atoms with Crippen LogP contribution in [-0.4, -0.2) is 15.6 Å². The monoisotopic (exact) mass is 201 g/mol. The molecule has 76 valence electrons. The van der Waals surface area contributed by atoms with E-state index in [1.165, 1.54) is 6.20 Å². The molecule has 2 aromatic rings. The van der Waals surface area contributed by atoms with Crippen LogP contribution in [0.4, 0.5) is 5.82 Å². The van der Waals surface area contributed by atoms with Crippen molar-refractivity contribution in [2.45, 2.75) is 0 Å². The third-order valence-corrected chi connectivity index (χ3v) is 2.10. The van der Waals surface area contributed by atoms with E-state index in [1.807, 2.05) is 30.3 Å². The van der Waals surface area contributed by atoms with Gasteiger partial charge in [-0.2, -0.15) is 5.10 Å². The van der Waals surface area contributed by atoms with Crippen molar-refractivity contribution >= 4 is 11.7 Å². The number of rotatable bonds is 2. The van der Waals surface area contributed by atoms with Crippen LogP contribution in [0.1, 0.15) is 5.56 Å². The minimum Gasteiger partial charge on any atom is -0.384 e. The van der Waals surface area contributed by atoms with Crippen LogP contribution in [0.2, 0.25) is 0 Å². The summed E-state index contributed by atoms with van der Waals surface area (Å²) < 4.78 is 1.55. The van der Waals surface area contributed by atoms with Gasteiger partial charge >= 0.3 is 0 Å². The number of anilines is 1. The number of nitrogens with two attached hydrogens (primary N) is 2. The number of benzene rings is 1. The number of amidine groups is 1. The molecule has 0 aliphatic rings. The second kappa shape index (κ2) is 3.45. The predicted molar refractivity (Wildman–Crippen MR) is 59.0 cm³/mol. The third-order valence-electron chi connectivity index (χ3n) is 2.10. The number of hydrogen-bond acceptors (Lipinski definition) is 3. The standard InChI is InChI=1S/C10H11N5/c11-9(12)8-6-14-15(10(8)13)7-4-2-1-3-5-7/h1-6H,13H2,(H3,11,12). The number of nitrogen functional groups attached to an aromatic ring is 2. The molecule has 0 spiro atoms. The van der Waals surface area contributed by atoms with Gasteiger partial charge in [0.2, 0.25) is 0 Å². The Balaban J connectivity index is 2.52. The van der Waals surface area contributed by atoms with Crippen molar-refractivity contribution in [3.05, 3.63) is 42.1 Å². The van der Waals surface area contributed by atoms with E-state index in [-0.39, 0.29) is 5.84 Å². The lowest BCUT2D eigenvalue weighted by atomic mass is 10.3. The molecule has 0 unspecified atom stereocenters. The van der Waals surface area contributed by atoms with E-state index < -0.39 is 0 Å². The zero-order valence-corrected chi connectivity index (χ0v) is 8.01. The van der Waals surface area contributed by atoms with Crippen LogP contribution in [0, 0.1) is 5.41 Å². The SMILES string of the molecule is N=C(N)c1cnn(-c2ccccc2)c1N. The van der Waals surface area contributed by atoms with Crippen molar-refractivity contribution in [3.8, 4) is 5.69 Å². The zero-order chi connectivity index (χ0) is 10.8. The Labute approximate surface area is 86.8 Å². The minimum absolute atomic E-state index is 0.0744. The fourth-order valence-corrected chi connectivity index (χ4v) is 1.34. The molecule has 0 amide bonds. The van der Waals surface area contributed by atoms with Crippen LogP contribution < -0.4 is 11.5 Å². The molecule has 2 rings (SSSR count). The predicted octanol–water partition coefficient (Wildman–Crippen LogP) is 0.739. The molecule has 5 nitrogen and oxygen atoms in total. The Morgan fingerprint density at radius 2 is 1.93 bits per heavy atom. The van der Waals surface area contributed by atoms with Crippen LogP contribution in [0.15, 0.2) is 36.5 Å². The van der Waals surface area contributed by atoms with Gasteiger partial charge in [-0.1, -0.05) is 18.2 Å². The molecule has 1 heterocycles. The van der Waals surface area contributed by atoms with Gasteiger partial charge in [-0.05, 0) is 12.1 Å². The first kappa shape index (κ1) is 9.26. The highest BCUT2D eigenvalue weighted by Crippen LogP contribution is 2.15. The summed E-state index contributed by atoms with van der Waals surface area (Å²) in [6.45, 7) is 0. The van der Waals surface area contributed by atoms with Crippen LogP contribution >= 0.6 is 0 Å². The van der Waals surface area contributed by atoms with Crippen molar-refractivity contribution < 1.29 is 0 Å². The van der Waals surface area contributed by atoms with Crippen LogP contribution in [-0.2, 0) is 0 Å². The summed E-state index contributed by atoms with van der Waals surface area (Å²) in [6, 6.07) is 9.46. The molecule has 0 radical (unpaired) electrons. The molecule has 0 aliphatic carbocycles. The quantitative estimate of drug-likeness (QED) is 0.494. The maximum absolute atomic E-state index is 7.30. The van der Waals surface area contributed by atoms with E-state index in [0.29, 0.717) is 11.4 Å². The molecule has 0 saturated heterocycles. The van der Waals surface area contributed by atoms with E-state index >= 15 is 0 Å². The van der Waals surface area contributed by atoms with E-state index in [1.54, 1.807) is 4.68 Å². The largest absolute Gasteiger partial charge is 0.384 e. The normalized spacial score (nSPS) is 10.1. The van der Waals surface area contributed by atoms with Crippen molar-refractivity contribution in [2.75, 3.05) is 5.73 Å². The fraction of sp³-hybridized carbons (Fsp3) is 0. The first-order chi connectivity index (χ1) is 7.20. The van der Waals surface area contributed by atoms with Crippen molar-refractivity contribution in [1.82, 2.24) is 9.78 Å². The van der Waals surface area contributed by atoms with E-state index in [0.717, 1.165) is 5.69 Å². The molecule has 0 saturated carbocycles. The van der Waals surface area contributed by atoms with Gasteiger partial charge in [0.15, 0.2) is 0 Å². The fourth-order valence-electron chi connectivity index (χ4n) is 1.34. The summed E-state index contributed by atoms with van der Waals surface area (Å²) in [5.41, 5.74) is 12.5. The molecule has 1 aromatic carbocycles. The number of nitrogens with zero attached hydrogens (tertiary/aromatic N) is 2. The summed E-state index contributed by atoms with van der Waals surface area (Å²) in [5, 5.41) is 11.4. The Bertz CT molecular complexity index is 486. The molecule has 1 aromatic heterocycles. The van der Waals surface area contributed by atoms with Gasteiger partial charge in [0.25, 0.3) is 0 Å². The molecule has 0 atom stereocenters. The van der Waals surface area contributed by atoms with Crippen molar-refractivity contribution in [3.63, 3.8) is 0 Å². The van der Waals surface area contributed by atoms with Crippen LogP contribution in [0.3, 0.4) is 0 Å². The van der Waals surface area contributed by atoms with Crippen LogP contribution in [0.5, 0.6) is 0 Å². The minimum atomic E-state index is -0.0744. The summed E-state index contributed by atoms with van der Waals surface area (Å²) in [7, 11) is 0. The van der Waals surface area contributed by atoms with Gasteiger partial charge in [0, 0.05) is 0 Å². The van der Waals surface area contributed by atoms with Crippen molar-refractivity contribution in [2.24, 2.45) is 5.73 Å². The Morgan fingerprint density at radius 3 is 2.47 bits per heavy atom. The smallest absolute Gasteiger partial charge is 0.138 e. The Hall–Kier alpha value is -2.30. The van der Waals surface area contributed by atoms with Gasteiger partial charge in [0.1, 0.15) is 11.7 Å². The summed E-state index contributed by atoms with van der Waals surface area (Å²) >= 11 is 0. The second-order valence-corrected chi connectivity index (χ2v) is 3.10. The topological polar surface area (TPSA) is 93.7 Å². The summed E-state index contributed by atoms with van der Waals surface area (Å²) in [6.07, 6.45) is 1.49. The highest BCUT2D eigenvalue weighted by molar-refractivity contribution is 5.99. The number of hydrogen-bond donors (Lipinski definition) is 3. The first-order valence-corrected chi connectivity index (χ1v) is 4.43. The van der Waals surface area contributed by atoms with E-state index in [9.17, 15) is 0 Å². The van der Waals surface area contributed by atoms with Gasteiger partial charge in [0.05, 0.1) is 17.4 Å². The van der Waals surface area contributed by atoms with Gasteiger partial charge in [-0.25, -0.2) is 4.68 Å². The highest BCUT2D eigenvalue weighted by Gasteiger charge is 2.10. The lowest BCUT2D eigenvalue weighted by Gasteiger charge is -2.03. The van der Waals surface area contributed by atoms with Crippen LogP contribution in [0.25, 0.3) is 5.69 Å². The molecule has 0 aliphatic heterocycles. The third kappa shape index (κ3) is 1.54. The zero-order valence-electron chi connectivity index (χ0n) is 8.01. The molecule has 0 fully saturated rings. The molecule has 15 heavy (non-hydrogen) atoms. The maximum atomic E-state index is 7.30. The second-order valence-electron chi connectivity index (χ2n) is 3.10. The van der Waals surface area contributed by atoms with Gasteiger partial charge in [-0.3, -0.25) is 5.41 Å². The number of nitrogens with one attached hydrogen (secondary N) is 1. The Kier molecular flexibility index (Phi) is 2.13. The molecule has 0 bridgehead atoms. The maximum Gasteiger partial charge on any atom is 0.138 e. The lowest BCUT2D eigenvalue weighted by Crippen LogP contribution is -2.13. The number of para-hydroxylation sites is 1. The molecular weight excluding hydrogens is 190 g/mol. The first-order valence-electron chi connectivity index (χ1n) is 4.43. The molecule has 5 N–H and O–H groups in total. The highest BCUT2D eigenvalue weighted by atomic mass is 15.3. The number of aromatic nitrogens is 2. The molecule has 5 heteroatoms. The van der Waals surface area contributed by atoms with E-state index in [4.69, 9.17) is 16.9 Å². The molecular formula is C10H11N5. The Morgan fingerprint density at radius 1 is 1.27 bits per heavy atom.